The summed E-state index contributed by atoms with van der Waals surface area (Å²) in [6.07, 6.45) is 4.68. The van der Waals surface area contributed by atoms with E-state index in [9.17, 15) is 0 Å². The Hall–Kier alpha value is -0.520. The lowest BCUT2D eigenvalue weighted by molar-refractivity contribution is 0.271. The van der Waals surface area contributed by atoms with E-state index >= 15 is 0 Å². The smallest absolute Gasteiger partial charge is 0.0625 e. The molecule has 0 aliphatic rings. The lowest BCUT2D eigenvalue weighted by Crippen LogP contribution is -2.31. The van der Waals surface area contributed by atoms with Crippen LogP contribution in [0.15, 0.2) is 17.3 Å². The second-order valence-corrected chi connectivity index (χ2v) is 4.52. The van der Waals surface area contributed by atoms with E-state index in [2.05, 4.69) is 17.3 Å². The summed E-state index contributed by atoms with van der Waals surface area (Å²) in [7, 11) is 1.92. The van der Waals surface area contributed by atoms with Crippen molar-refractivity contribution in [3.63, 3.8) is 0 Å². The van der Waals surface area contributed by atoms with Crippen LogP contribution in [0.5, 0.6) is 0 Å². The average molecular weight is 229 g/mol. The number of aryl methyl sites for hydroxylation is 1. The quantitative estimate of drug-likeness (QED) is 0.681. The van der Waals surface area contributed by atoms with E-state index in [1.54, 1.807) is 16.4 Å². The monoisotopic (exact) mass is 229 g/mol. The minimum atomic E-state index is 0.241. The zero-order valence-corrected chi connectivity index (χ0v) is 10.1. The first-order chi connectivity index (χ1) is 7.26. The lowest BCUT2D eigenvalue weighted by atomic mass is 10.2. The molecule has 0 fully saturated rings. The molecule has 1 atom stereocenters. The Kier molecular flexibility index (Phi) is 5.75. The number of rotatable bonds is 7. The second-order valence-electron chi connectivity index (χ2n) is 3.43. The number of hydrogen-bond donors (Lipinski definition) is 2. The first-order valence-electron chi connectivity index (χ1n) is 5.22. The molecular weight excluding hydrogens is 210 g/mol. The number of nitrogens with zero attached hydrogens (tertiary/aromatic N) is 2. The van der Waals surface area contributed by atoms with Gasteiger partial charge in [0.05, 0.1) is 6.20 Å². The van der Waals surface area contributed by atoms with Crippen LogP contribution in [0.1, 0.15) is 13.3 Å². The molecule has 4 nitrogen and oxygen atoms in total. The van der Waals surface area contributed by atoms with Crippen LogP contribution in [0, 0.1) is 0 Å². The molecule has 0 saturated heterocycles. The highest BCUT2D eigenvalue weighted by Crippen LogP contribution is 2.18. The van der Waals surface area contributed by atoms with Gasteiger partial charge in [-0.2, -0.15) is 5.10 Å². The summed E-state index contributed by atoms with van der Waals surface area (Å²) in [6.45, 7) is 3.27. The largest absolute Gasteiger partial charge is 0.396 e. The Morgan fingerprint density at radius 1 is 1.67 bits per heavy atom. The molecule has 0 spiro atoms. The normalized spacial score (nSPS) is 13.0. The van der Waals surface area contributed by atoms with E-state index in [1.165, 1.54) is 4.90 Å². The van der Waals surface area contributed by atoms with Crippen LogP contribution in [-0.2, 0) is 7.05 Å². The maximum atomic E-state index is 8.90. The number of hydrogen-bond acceptors (Lipinski definition) is 4. The van der Waals surface area contributed by atoms with Gasteiger partial charge in [-0.3, -0.25) is 4.68 Å². The summed E-state index contributed by atoms with van der Waals surface area (Å²) in [5.74, 6) is 0.972. The number of aliphatic hydroxyl groups excluding tert-OH is 1. The number of nitrogens with one attached hydrogen (secondary N) is 1. The summed E-state index contributed by atoms with van der Waals surface area (Å²) in [4.78, 5) is 1.18. The third-order valence-electron chi connectivity index (χ3n) is 2.10. The third kappa shape index (κ3) is 4.68. The van der Waals surface area contributed by atoms with Gasteiger partial charge in [0, 0.05) is 36.5 Å². The molecule has 1 heterocycles. The Labute approximate surface area is 95.1 Å². The molecule has 1 aromatic rings. The minimum Gasteiger partial charge on any atom is -0.396 e. The summed E-state index contributed by atoms with van der Waals surface area (Å²) >= 11 is 1.77. The van der Waals surface area contributed by atoms with Crippen molar-refractivity contribution >= 4 is 11.8 Å². The molecule has 0 bridgehead atoms. The summed E-state index contributed by atoms with van der Waals surface area (Å²) in [5.41, 5.74) is 0. The lowest BCUT2D eigenvalue weighted by Gasteiger charge is -2.15. The van der Waals surface area contributed by atoms with Gasteiger partial charge in [-0.25, -0.2) is 0 Å². The maximum absolute atomic E-state index is 8.90. The molecule has 2 N–H and O–H groups in total. The molecule has 5 heteroatoms. The van der Waals surface area contributed by atoms with Crippen molar-refractivity contribution in [2.24, 2.45) is 7.05 Å². The van der Waals surface area contributed by atoms with Crippen molar-refractivity contribution in [3.8, 4) is 0 Å². The molecule has 1 unspecified atom stereocenters. The topological polar surface area (TPSA) is 50.1 Å². The van der Waals surface area contributed by atoms with E-state index in [1.807, 2.05) is 19.4 Å². The Balaban J connectivity index is 2.32. The fourth-order valence-electron chi connectivity index (χ4n) is 1.36. The number of aliphatic hydroxyl groups is 1. The number of aromatic nitrogens is 2. The van der Waals surface area contributed by atoms with Gasteiger partial charge < -0.3 is 10.4 Å². The first kappa shape index (κ1) is 12.5. The molecule has 0 radical (unpaired) electrons. The zero-order valence-electron chi connectivity index (χ0n) is 9.31. The predicted octanol–water partition coefficient (Wildman–Crippen LogP) is 0.873. The standard InChI is InChI=1S/C10H19N3OS/c1-3-11-9(4-5-14)8-15-10-6-12-13(2)7-10/h6-7,9,11,14H,3-5,8H2,1-2H3. The minimum absolute atomic E-state index is 0.241. The van der Waals surface area contributed by atoms with Crippen LogP contribution in [0.25, 0.3) is 0 Å². The molecule has 1 aromatic heterocycles. The third-order valence-corrected chi connectivity index (χ3v) is 3.22. The van der Waals surface area contributed by atoms with Gasteiger partial charge in [-0.15, -0.1) is 11.8 Å². The van der Waals surface area contributed by atoms with Gasteiger partial charge in [0.25, 0.3) is 0 Å². The Morgan fingerprint density at radius 2 is 2.47 bits per heavy atom. The molecule has 0 aliphatic carbocycles. The summed E-state index contributed by atoms with van der Waals surface area (Å²) < 4.78 is 1.80. The van der Waals surface area contributed by atoms with E-state index in [0.717, 1.165) is 18.7 Å². The van der Waals surface area contributed by atoms with E-state index in [4.69, 9.17) is 5.11 Å². The van der Waals surface area contributed by atoms with Gasteiger partial charge in [-0.1, -0.05) is 6.92 Å². The van der Waals surface area contributed by atoms with Gasteiger partial charge >= 0.3 is 0 Å². The van der Waals surface area contributed by atoms with Crippen molar-refractivity contribution in [3.05, 3.63) is 12.4 Å². The second kappa shape index (κ2) is 6.87. The van der Waals surface area contributed by atoms with E-state index in [-0.39, 0.29) is 6.61 Å². The van der Waals surface area contributed by atoms with E-state index < -0.39 is 0 Å². The predicted molar refractivity (Wildman–Crippen MR) is 63.1 cm³/mol. The summed E-state index contributed by atoms with van der Waals surface area (Å²) in [6, 6.07) is 0.380. The van der Waals surface area contributed by atoms with Gasteiger partial charge in [0.1, 0.15) is 0 Å². The molecule has 86 valence electrons. The fraction of sp³-hybridized carbons (Fsp3) is 0.700. The fourth-order valence-corrected chi connectivity index (χ4v) is 2.39. The average Bonchev–Trinajstić information content (AvgIpc) is 2.61. The Bertz CT molecular complexity index is 271. The highest BCUT2D eigenvalue weighted by Gasteiger charge is 2.07. The van der Waals surface area contributed by atoms with Crippen molar-refractivity contribution < 1.29 is 5.11 Å². The molecule has 0 saturated carbocycles. The van der Waals surface area contributed by atoms with Crippen LogP contribution in [0.4, 0.5) is 0 Å². The molecule has 0 aliphatic heterocycles. The summed E-state index contributed by atoms with van der Waals surface area (Å²) in [5, 5.41) is 16.4. The van der Waals surface area contributed by atoms with Crippen LogP contribution in [-0.4, -0.2) is 39.8 Å². The van der Waals surface area contributed by atoms with Gasteiger partial charge in [0.15, 0.2) is 0 Å². The van der Waals surface area contributed by atoms with Crippen molar-refractivity contribution in [2.45, 2.75) is 24.3 Å². The molecular formula is C10H19N3OS. The van der Waals surface area contributed by atoms with E-state index in [0.29, 0.717) is 6.04 Å². The maximum Gasteiger partial charge on any atom is 0.0625 e. The highest BCUT2D eigenvalue weighted by molar-refractivity contribution is 7.99. The number of thioether (sulfide) groups is 1. The van der Waals surface area contributed by atoms with Crippen molar-refractivity contribution in [1.29, 1.82) is 0 Å². The first-order valence-corrected chi connectivity index (χ1v) is 6.20. The molecule has 1 rings (SSSR count). The molecule has 0 amide bonds. The van der Waals surface area contributed by atoms with Crippen LogP contribution >= 0.6 is 11.8 Å². The van der Waals surface area contributed by atoms with Gasteiger partial charge in [0.2, 0.25) is 0 Å². The highest BCUT2D eigenvalue weighted by atomic mass is 32.2. The zero-order chi connectivity index (χ0) is 11.1. The van der Waals surface area contributed by atoms with Crippen molar-refractivity contribution in [1.82, 2.24) is 15.1 Å². The Morgan fingerprint density at radius 3 is 3.00 bits per heavy atom. The van der Waals surface area contributed by atoms with Crippen molar-refractivity contribution in [2.75, 3.05) is 18.9 Å². The van der Waals surface area contributed by atoms with Gasteiger partial charge in [-0.05, 0) is 13.0 Å². The molecule has 0 aromatic carbocycles. The molecule has 15 heavy (non-hydrogen) atoms. The van der Waals surface area contributed by atoms with Crippen LogP contribution in [0.3, 0.4) is 0 Å². The van der Waals surface area contributed by atoms with Crippen LogP contribution in [0.2, 0.25) is 0 Å². The SMILES string of the molecule is CCNC(CCO)CSc1cnn(C)c1. The van der Waals surface area contributed by atoms with Crippen LogP contribution < -0.4 is 5.32 Å².